The number of nitrogens with zero attached hydrogens (tertiary/aromatic N) is 1. The van der Waals surface area contributed by atoms with Crippen molar-refractivity contribution in [3.05, 3.63) is 0 Å². The number of carbonyl (C=O) groups is 1. The summed E-state index contributed by atoms with van der Waals surface area (Å²) in [5.74, 6) is 0.0248. The second-order valence-electron chi connectivity index (χ2n) is 5.01. The molecule has 0 spiro atoms. The van der Waals surface area contributed by atoms with Gasteiger partial charge in [0, 0.05) is 13.1 Å². The molecule has 1 aliphatic rings. The van der Waals surface area contributed by atoms with E-state index in [0.717, 1.165) is 0 Å². The molecule has 4 nitrogen and oxygen atoms in total. The van der Waals surface area contributed by atoms with E-state index in [1.54, 1.807) is 4.90 Å². The molecule has 0 radical (unpaired) electrons. The first-order valence-corrected chi connectivity index (χ1v) is 5.48. The summed E-state index contributed by atoms with van der Waals surface area (Å²) in [6.45, 7) is 7.22. The summed E-state index contributed by atoms with van der Waals surface area (Å²) in [5, 5.41) is 9.30. The molecule has 0 aromatic carbocycles. The summed E-state index contributed by atoms with van der Waals surface area (Å²) in [4.78, 5) is 13.4. The monoisotopic (exact) mass is 215 g/mol. The van der Waals surface area contributed by atoms with Crippen LogP contribution in [0, 0.1) is 0 Å². The number of rotatable bonds is 2. The van der Waals surface area contributed by atoms with Gasteiger partial charge in [0.1, 0.15) is 6.61 Å². The SMILES string of the molecule is CC(C)(C)OCC(=O)N1CCC(O)CC1. The van der Waals surface area contributed by atoms with Crippen LogP contribution in [0.3, 0.4) is 0 Å². The van der Waals surface area contributed by atoms with E-state index in [-0.39, 0.29) is 24.2 Å². The van der Waals surface area contributed by atoms with Gasteiger partial charge in [0.05, 0.1) is 11.7 Å². The molecule has 1 fully saturated rings. The maximum absolute atomic E-state index is 11.7. The average Bonchev–Trinajstić information content (AvgIpc) is 2.14. The van der Waals surface area contributed by atoms with E-state index in [2.05, 4.69) is 0 Å². The third kappa shape index (κ3) is 4.62. The number of aliphatic hydroxyl groups is 1. The van der Waals surface area contributed by atoms with Gasteiger partial charge < -0.3 is 14.7 Å². The summed E-state index contributed by atoms with van der Waals surface area (Å²) in [7, 11) is 0. The van der Waals surface area contributed by atoms with E-state index in [0.29, 0.717) is 25.9 Å². The van der Waals surface area contributed by atoms with Crippen molar-refractivity contribution in [2.24, 2.45) is 0 Å². The second kappa shape index (κ2) is 4.94. The molecule has 4 heteroatoms. The summed E-state index contributed by atoms with van der Waals surface area (Å²) in [5.41, 5.74) is -0.273. The van der Waals surface area contributed by atoms with Gasteiger partial charge in [-0.2, -0.15) is 0 Å². The number of hydrogen-bond donors (Lipinski definition) is 1. The molecule has 1 aliphatic heterocycles. The van der Waals surface area contributed by atoms with Crippen LogP contribution >= 0.6 is 0 Å². The van der Waals surface area contributed by atoms with Crippen LogP contribution in [0.1, 0.15) is 33.6 Å². The topological polar surface area (TPSA) is 49.8 Å². The van der Waals surface area contributed by atoms with Crippen molar-refractivity contribution >= 4 is 5.91 Å². The predicted molar refractivity (Wildman–Crippen MR) is 57.5 cm³/mol. The van der Waals surface area contributed by atoms with Gasteiger partial charge in [0.2, 0.25) is 5.91 Å². The smallest absolute Gasteiger partial charge is 0.248 e. The summed E-state index contributed by atoms with van der Waals surface area (Å²) >= 11 is 0. The number of hydrogen-bond acceptors (Lipinski definition) is 3. The Bertz CT molecular complexity index is 214. The minimum absolute atomic E-state index is 0.0248. The molecule has 15 heavy (non-hydrogen) atoms. The van der Waals surface area contributed by atoms with Crippen molar-refractivity contribution in [2.75, 3.05) is 19.7 Å². The molecule has 0 atom stereocenters. The fourth-order valence-electron chi connectivity index (χ4n) is 1.48. The largest absolute Gasteiger partial charge is 0.393 e. The first-order chi connectivity index (χ1) is 6.88. The van der Waals surface area contributed by atoms with Crippen LogP contribution in [0.25, 0.3) is 0 Å². The third-order valence-electron chi connectivity index (χ3n) is 2.45. The lowest BCUT2D eigenvalue weighted by Gasteiger charge is -2.30. The molecule has 1 rings (SSSR count). The number of ether oxygens (including phenoxy) is 1. The Morgan fingerprint density at radius 1 is 1.40 bits per heavy atom. The Morgan fingerprint density at radius 2 is 1.93 bits per heavy atom. The van der Waals surface area contributed by atoms with Crippen LogP contribution in [0.5, 0.6) is 0 Å². The standard InChI is InChI=1S/C11H21NO3/c1-11(2,3)15-8-10(14)12-6-4-9(13)5-7-12/h9,13H,4-8H2,1-3H3. The van der Waals surface area contributed by atoms with E-state index in [4.69, 9.17) is 4.74 Å². The minimum atomic E-state index is -0.273. The van der Waals surface area contributed by atoms with E-state index < -0.39 is 0 Å². The second-order valence-corrected chi connectivity index (χ2v) is 5.01. The molecular formula is C11H21NO3. The Hall–Kier alpha value is -0.610. The number of aliphatic hydroxyl groups excluding tert-OH is 1. The lowest BCUT2D eigenvalue weighted by molar-refractivity contribution is -0.142. The van der Waals surface area contributed by atoms with Gasteiger partial charge >= 0.3 is 0 Å². The molecule has 0 aromatic heterocycles. The molecule has 0 unspecified atom stereocenters. The van der Waals surface area contributed by atoms with Crippen LogP contribution in [0.15, 0.2) is 0 Å². The van der Waals surface area contributed by atoms with Gasteiger partial charge in [-0.05, 0) is 33.6 Å². The Labute approximate surface area is 91.2 Å². The lowest BCUT2D eigenvalue weighted by Crippen LogP contribution is -2.42. The van der Waals surface area contributed by atoms with Gasteiger partial charge in [0.15, 0.2) is 0 Å². The van der Waals surface area contributed by atoms with Crippen molar-refractivity contribution in [3.63, 3.8) is 0 Å². The number of piperidine rings is 1. The van der Waals surface area contributed by atoms with Crippen LogP contribution in [0.2, 0.25) is 0 Å². The molecule has 0 aromatic rings. The molecule has 1 heterocycles. The highest BCUT2D eigenvalue weighted by molar-refractivity contribution is 5.77. The van der Waals surface area contributed by atoms with Crippen molar-refractivity contribution in [3.8, 4) is 0 Å². The first-order valence-electron chi connectivity index (χ1n) is 5.48. The molecule has 0 saturated carbocycles. The van der Waals surface area contributed by atoms with Crippen LogP contribution in [-0.2, 0) is 9.53 Å². The Balaban J connectivity index is 2.29. The maximum atomic E-state index is 11.7. The van der Waals surface area contributed by atoms with Gasteiger partial charge in [-0.1, -0.05) is 0 Å². The minimum Gasteiger partial charge on any atom is -0.393 e. The number of likely N-dealkylation sites (tertiary alicyclic amines) is 1. The fraction of sp³-hybridized carbons (Fsp3) is 0.909. The van der Waals surface area contributed by atoms with Crippen molar-refractivity contribution in [1.82, 2.24) is 4.90 Å². The van der Waals surface area contributed by atoms with Crippen molar-refractivity contribution in [1.29, 1.82) is 0 Å². The van der Waals surface area contributed by atoms with E-state index in [1.807, 2.05) is 20.8 Å². The molecule has 0 bridgehead atoms. The molecule has 1 saturated heterocycles. The highest BCUT2D eigenvalue weighted by Crippen LogP contribution is 2.12. The molecular weight excluding hydrogens is 194 g/mol. The Morgan fingerprint density at radius 3 is 2.40 bits per heavy atom. The fourth-order valence-corrected chi connectivity index (χ4v) is 1.48. The molecule has 0 aliphatic carbocycles. The molecule has 88 valence electrons. The zero-order valence-corrected chi connectivity index (χ0v) is 9.82. The number of amides is 1. The summed E-state index contributed by atoms with van der Waals surface area (Å²) in [6, 6.07) is 0. The van der Waals surface area contributed by atoms with Crippen molar-refractivity contribution < 1.29 is 14.6 Å². The van der Waals surface area contributed by atoms with Crippen LogP contribution in [-0.4, -0.2) is 47.3 Å². The highest BCUT2D eigenvalue weighted by atomic mass is 16.5. The van der Waals surface area contributed by atoms with Crippen molar-refractivity contribution in [2.45, 2.75) is 45.3 Å². The average molecular weight is 215 g/mol. The first kappa shape index (κ1) is 12.5. The van der Waals surface area contributed by atoms with Gasteiger partial charge in [0.25, 0.3) is 0 Å². The van der Waals surface area contributed by atoms with Crippen LogP contribution < -0.4 is 0 Å². The zero-order valence-electron chi connectivity index (χ0n) is 9.82. The van der Waals surface area contributed by atoms with E-state index in [1.165, 1.54) is 0 Å². The van der Waals surface area contributed by atoms with Gasteiger partial charge in [-0.15, -0.1) is 0 Å². The maximum Gasteiger partial charge on any atom is 0.248 e. The number of carbonyl (C=O) groups excluding carboxylic acids is 1. The summed E-state index contributed by atoms with van der Waals surface area (Å²) < 4.78 is 5.42. The molecule has 1 N–H and O–H groups in total. The third-order valence-corrected chi connectivity index (χ3v) is 2.45. The quantitative estimate of drug-likeness (QED) is 0.740. The van der Waals surface area contributed by atoms with E-state index in [9.17, 15) is 9.90 Å². The van der Waals surface area contributed by atoms with Gasteiger partial charge in [-0.25, -0.2) is 0 Å². The van der Waals surface area contributed by atoms with Crippen LogP contribution in [0.4, 0.5) is 0 Å². The predicted octanol–water partition coefficient (Wildman–Crippen LogP) is 0.785. The normalized spacial score (nSPS) is 19.3. The summed E-state index contributed by atoms with van der Waals surface area (Å²) in [6.07, 6.45) is 1.13. The molecule has 1 amide bonds. The zero-order chi connectivity index (χ0) is 11.5. The highest BCUT2D eigenvalue weighted by Gasteiger charge is 2.22. The lowest BCUT2D eigenvalue weighted by atomic mass is 10.1. The Kier molecular flexibility index (Phi) is 4.11. The van der Waals surface area contributed by atoms with Gasteiger partial charge in [-0.3, -0.25) is 4.79 Å². The van der Waals surface area contributed by atoms with E-state index >= 15 is 0 Å².